The van der Waals surface area contributed by atoms with Gasteiger partial charge in [-0.1, -0.05) is 12.2 Å². The molecular weight excluding hydrogens is 396 g/mol. The van der Waals surface area contributed by atoms with Gasteiger partial charge in [-0.05, 0) is 52.1 Å². The van der Waals surface area contributed by atoms with Gasteiger partial charge < -0.3 is 10.1 Å². The number of benzene rings is 1. The first-order valence-electron chi connectivity index (χ1n) is 8.10. The number of hydrogen-bond acceptors (Lipinski definition) is 3. The molecule has 2 saturated carbocycles. The van der Waals surface area contributed by atoms with Gasteiger partial charge in [0.1, 0.15) is 11.6 Å². The highest BCUT2D eigenvalue weighted by molar-refractivity contribution is 9.10. The number of rotatable bonds is 3. The number of methoxy groups -OCH3 is 1. The lowest BCUT2D eigenvalue weighted by atomic mass is 9.82. The zero-order valence-electron chi connectivity index (χ0n) is 13.4. The molecule has 4 nitrogen and oxygen atoms in total. The number of allylic oxidation sites excluding steroid dienone is 2. The van der Waals surface area contributed by atoms with Crippen molar-refractivity contribution in [3.63, 3.8) is 0 Å². The summed E-state index contributed by atoms with van der Waals surface area (Å²) in [7, 11) is 1.30. The number of esters is 1. The van der Waals surface area contributed by atoms with Crippen molar-refractivity contribution in [2.24, 2.45) is 29.1 Å². The predicted molar refractivity (Wildman–Crippen MR) is 89.5 cm³/mol. The molecular formula is C18H16BrF2NO3. The van der Waals surface area contributed by atoms with Gasteiger partial charge in [0.25, 0.3) is 0 Å². The minimum Gasteiger partial charge on any atom is -0.469 e. The zero-order chi connectivity index (χ0) is 17.9. The molecule has 4 rings (SSSR count). The Hall–Kier alpha value is -1.76. The summed E-state index contributed by atoms with van der Waals surface area (Å²) in [4.78, 5) is 25.1. The third-order valence-corrected chi connectivity index (χ3v) is 6.49. The molecule has 1 spiro atoms. The van der Waals surface area contributed by atoms with Crippen molar-refractivity contribution in [1.82, 2.24) is 0 Å². The fourth-order valence-corrected chi connectivity index (χ4v) is 4.96. The normalized spacial score (nSPS) is 30.6. The Morgan fingerprint density at radius 1 is 1.16 bits per heavy atom. The van der Waals surface area contributed by atoms with E-state index in [1.54, 1.807) is 0 Å². The number of halogens is 3. The Kier molecular flexibility index (Phi) is 3.76. The minimum absolute atomic E-state index is 0.0183. The summed E-state index contributed by atoms with van der Waals surface area (Å²) in [5.74, 6) is -3.60. The van der Waals surface area contributed by atoms with Crippen LogP contribution in [0.2, 0.25) is 0 Å². The molecule has 0 heterocycles. The highest BCUT2D eigenvalue weighted by atomic mass is 79.9. The number of anilines is 1. The first kappa shape index (κ1) is 16.7. The van der Waals surface area contributed by atoms with Crippen molar-refractivity contribution in [2.45, 2.75) is 12.8 Å². The first-order valence-corrected chi connectivity index (χ1v) is 8.90. The number of amides is 1. The highest BCUT2D eigenvalue weighted by Crippen LogP contribution is 2.72. The Bertz CT molecular complexity index is 806. The van der Waals surface area contributed by atoms with Crippen LogP contribution in [0.1, 0.15) is 12.8 Å². The number of ether oxygens (including phenoxy) is 1. The van der Waals surface area contributed by atoms with Gasteiger partial charge in [-0.25, -0.2) is 8.78 Å². The molecule has 0 radical (unpaired) electrons. The molecule has 1 amide bonds. The first-order chi connectivity index (χ1) is 11.9. The lowest BCUT2D eigenvalue weighted by Gasteiger charge is -2.25. The number of carbonyl (C=O) groups is 2. The van der Waals surface area contributed by atoms with Gasteiger partial charge in [-0.15, -0.1) is 0 Å². The van der Waals surface area contributed by atoms with Crippen molar-refractivity contribution < 1.29 is 23.1 Å². The van der Waals surface area contributed by atoms with Crippen LogP contribution in [0.3, 0.4) is 0 Å². The van der Waals surface area contributed by atoms with Crippen LogP contribution < -0.4 is 5.32 Å². The largest absolute Gasteiger partial charge is 0.469 e. The fraction of sp³-hybridized carbons (Fsp3) is 0.444. The summed E-state index contributed by atoms with van der Waals surface area (Å²) >= 11 is 2.90. The van der Waals surface area contributed by atoms with Gasteiger partial charge in [0.15, 0.2) is 0 Å². The molecule has 1 N–H and O–H groups in total. The molecule has 0 aliphatic heterocycles. The van der Waals surface area contributed by atoms with E-state index in [0.717, 1.165) is 25.0 Å². The molecule has 0 aromatic heterocycles. The summed E-state index contributed by atoms with van der Waals surface area (Å²) in [5.41, 5.74) is -0.268. The Morgan fingerprint density at radius 3 is 2.40 bits per heavy atom. The zero-order valence-corrected chi connectivity index (χ0v) is 15.0. The van der Waals surface area contributed by atoms with Crippen LogP contribution in [0.15, 0.2) is 28.8 Å². The van der Waals surface area contributed by atoms with Gasteiger partial charge in [0.05, 0.1) is 29.1 Å². The standard InChI is InChI=1S/C18H16BrF2NO3/c1-25-17(24)15-9-3-2-8(18(9)4-5-18)14(15)16(23)22-13-7-11(20)10(19)6-12(13)21/h2-3,6-9,14-15H,4-5H2,1H3,(H,22,23)/t8-,9+,14?,15+/m0/s1. The number of nitrogens with one attached hydrogen (secondary N) is 1. The average molecular weight is 412 g/mol. The Labute approximate surface area is 151 Å². The molecule has 0 saturated heterocycles. The molecule has 3 aliphatic rings. The van der Waals surface area contributed by atoms with Crippen LogP contribution >= 0.6 is 15.9 Å². The molecule has 132 valence electrons. The van der Waals surface area contributed by atoms with Gasteiger partial charge in [-0.2, -0.15) is 0 Å². The number of carbonyl (C=O) groups excluding carboxylic acids is 2. The van der Waals surface area contributed by atoms with Gasteiger partial charge in [0.2, 0.25) is 5.91 Å². The maximum atomic E-state index is 14.0. The number of hydrogen-bond donors (Lipinski definition) is 1. The molecule has 3 aliphatic carbocycles. The van der Waals surface area contributed by atoms with E-state index in [9.17, 15) is 18.4 Å². The second kappa shape index (κ2) is 5.62. The average Bonchev–Trinajstić information content (AvgIpc) is 3.25. The van der Waals surface area contributed by atoms with Crippen molar-refractivity contribution in [1.29, 1.82) is 0 Å². The smallest absolute Gasteiger partial charge is 0.310 e. The molecule has 1 aromatic rings. The van der Waals surface area contributed by atoms with Crippen molar-refractivity contribution in [2.75, 3.05) is 12.4 Å². The maximum Gasteiger partial charge on any atom is 0.310 e. The second-order valence-corrected chi connectivity index (χ2v) is 7.83. The molecule has 2 fully saturated rings. The van der Waals surface area contributed by atoms with Crippen LogP contribution in [-0.2, 0) is 14.3 Å². The fourth-order valence-electron chi connectivity index (χ4n) is 4.65. The quantitative estimate of drug-likeness (QED) is 0.469. The van der Waals surface area contributed by atoms with E-state index in [2.05, 4.69) is 21.2 Å². The van der Waals surface area contributed by atoms with E-state index in [0.29, 0.717) is 0 Å². The van der Waals surface area contributed by atoms with Crippen LogP contribution in [0.5, 0.6) is 0 Å². The van der Waals surface area contributed by atoms with Crippen LogP contribution in [-0.4, -0.2) is 19.0 Å². The van der Waals surface area contributed by atoms with E-state index in [-0.39, 0.29) is 27.4 Å². The monoisotopic (exact) mass is 411 g/mol. The minimum atomic E-state index is -0.740. The van der Waals surface area contributed by atoms with E-state index in [1.807, 2.05) is 12.2 Å². The third kappa shape index (κ3) is 2.35. The van der Waals surface area contributed by atoms with E-state index in [1.165, 1.54) is 7.11 Å². The Balaban J connectivity index is 1.64. The molecule has 7 heteroatoms. The van der Waals surface area contributed by atoms with Crippen LogP contribution in [0.25, 0.3) is 0 Å². The predicted octanol–water partition coefficient (Wildman–Crippen LogP) is 3.67. The lowest BCUT2D eigenvalue weighted by Crippen LogP contribution is -2.37. The summed E-state index contributed by atoms with van der Waals surface area (Å²) in [6, 6.07) is 1.90. The van der Waals surface area contributed by atoms with Crippen LogP contribution in [0.4, 0.5) is 14.5 Å². The summed E-state index contributed by atoms with van der Waals surface area (Å²) in [5, 5.41) is 2.46. The molecule has 4 atom stereocenters. The van der Waals surface area contributed by atoms with Gasteiger partial charge in [0, 0.05) is 6.07 Å². The summed E-state index contributed by atoms with van der Waals surface area (Å²) < 4.78 is 32.6. The van der Waals surface area contributed by atoms with E-state index >= 15 is 0 Å². The highest BCUT2D eigenvalue weighted by Gasteiger charge is 2.70. The maximum absolute atomic E-state index is 14.0. The van der Waals surface area contributed by atoms with E-state index < -0.39 is 35.3 Å². The molecule has 1 aromatic carbocycles. The molecule has 25 heavy (non-hydrogen) atoms. The summed E-state index contributed by atoms with van der Waals surface area (Å²) in [6.07, 6.45) is 5.92. The molecule has 2 bridgehead atoms. The SMILES string of the molecule is COC(=O)[C@H]1C(C(=O)Nc2cc(F)c(Br)cc2F)[C@@H]2C=C[C@H]1C21CC1. The second-order valence-electron chi connectivity index (χ2n) is 6.98. The van der Waals surface area contributed by atoms with Gasteiger partial charge >= 0.3 is 5.97 Å². The van der Waals surface area contributed by atoms with Crippen molar-refractivity contribution in [3.8, 4) is 0 Å². The Morgan fingerprint density at radius 2 is 1.80 bits per heavy atom. The molecule has 1 unspecified atom stereocenters. The van der Waals surface area contributed by atoms with E-state index in [4.69, 9.17) is 4.74 Å². The van der Waals surface area contributed by atoms with Crippen LogP contribution in [0, 0.1) is 40.7 Å². The van der Waals surface area contributed by atoms with Crippen molar-refractivity contribution in [3.05, 3.63) is 40.4 Å². The topological polar surface area (TPSA) is 55.4 Å². The third-order valence-electron chi connectivity index (χ3n) is 5.89. The summed E-state index contributed by atoms with van der Waals surface area (Å²) in [6.45, 7) is 0. The lowest BCUT2D eigenvalue weighted by molar-refractivity contribution is -0.150. The van der Waals surface area contributed by atoms with Crippen molar-refractivity contribution >= 4 is 33.5 Å². The van der Waals surface area contributed by atoms with Gasteiger partial charge in [-0.3, -0.25) is 9.59 Å².